The minimum absolute atomic E-state index is 0.0281. The zero-order chi connectivity index (χ0) is 21.0. The average molecular weight is 416 g/mol. The molecule has 6 heteroatoms. The van der Waals surface area contributed by atoms with Crippen molar-refractivity contribution in [2.24, 2.45) is 0 Å². The lowest BCUT2D eigenvalue weighted by Crippen LogP contribution is -2.40. The molecule has 0 unspecified atom stereocenters. The Morgan fingerprint density at radius 1 is 1.07 bits per heavy atom. The minimum atomic E-state index is -3.09. The summed E-state index contributed by atoms with van der Waals surface area (Å²) in [6.45, 7) is 6.39. The summed E-state index contributed by atoms with van der Waals surface area (Å²) in [7, 11) is -3.09. The number of ether oxygens (including phenoxy) is 1. The van der Waals surface area contributed by atoms with E-state index < -0.39 is 9.84 Å². The molecule has 1 fully saturated rings. The summed E-state index contributed by atoms with van der Waals surface area (Å²) in [5.74, 6) is 0.724. The Hall–Kier alpha value is -2.34. The van der Waals surface area contributed by atoms with E-state index in [1.807, 2.05) is 26.0 Å². The van der Waals surface area contributed by atoms with E-state index >= 15 is 0 Å². The third-order valence-corrected chi connectivity index (χ3v) is 6.92. The number of hydrogen-bond acceptors (Lipinski definition) is 4. The lowest BCUT2D eigenvalue weighted by Gasteiger charge is -2.29. The van der Waals surface area contributed by atoms with Crippen LogP contribution in [0.1, 0.15) is 48.7 Å². The number of benzene rings is 2. The van der Waals surface area contributed by atoms with Gasteiger partial charge in [0.05, 0.1) is 17.6 Å². The zero-order valence-electron chi connectivity index (χ0n) is 17.3. The highest BCUT2D eigenvalue weighted by Crippen LogP contribution is 2.24. The fraction of sp³-hybridized carbons (Fsp3) is 0.435. The zero-order valence-corrected chi connectivity index (χ0v) is 18.1. The first-order valence-electron chi connectivity index (χ1n) is 10.1. The van der Waals surface area contributed by atoms with Gasteiger partial charge in [0, 0.05) is 18.2 Å². The third-order valence-electron chi connectivity index (χ3n) is 5.17. The van der Waals surface area contributed by atoms with Gasteiger partial charge in [-0.05, 0) is 62.1 Å². The van der Waals surface area contributed by atoms with Gasteiger partial charge in [-0.1, -0.05) is 31.2 Å². The molecule has 0 spiro atoms. The largest absolute Gasteiger partial charge is 0.491 e. The van der Waals surface area contributed by atoms with E-state index in [4.69, 9.17) is 4.74 Å². The van der Waals surface area contributed by atoms with Crippen LogP contribution < -0.4 is 4.74 Å². The Morgan fingerprint density at radius 3 is 2.21 bits per heavy atom. The fourth-order valence-electron chi connectivity index (χ4n) is 3.58. The maximum atomic E-state index is 13.3. The number of hydrogen-bond donors (Lipinski definition) is 0. The van der Waals surface area contributed by atoms with Crippen molar-refractivity contribution in [2.75, 3.05) is 11.5 Å². The standard InChI is InChI=1S/C23H29NO4S/c1-4-18-5-7-19(8-6-18)15-24(21-13-14-29(26,27)16-21)23(25)20-9-11-22(12-10-20)28-17(2)3/h5-12,17,21H,4,13-16H2,1-3H3/t21-/m0/s1. The van der Waals surface area contributed by atoms with Crippen molar-refractivity contribution in [2.45, 2.75) is 52.3 Å². The number of carbonyl (C=O) groups is 1. The van der Waals surface area contributed by atoms with Crippen LogP contribution in [0.25, 0.3) is 0 Å². The monoisotopic (exact) mass is 415 g/mol. The van der Waals surface area contributed by atoms with Gasteiger partial charge in [0.2, 0.25) is 0 Å². The molecule has 156 valence electrons. The molecule has 0 N–H and O–H groups in total. The summed E-state index contributed by atoms with van der Waals surface area (Å²) in [5, 5.41) is 0. The van der Waals surface area contributed by atoms with Crippen LogP contribution in [0.5, 0.6) is 5.75 Å². The number of nitrogens with zero attached hydrogens (tertiary/aromatic N) is 1. The molecule has 29 heavy (non-hydrogen) atoms. The molecule has 0 radical (unpaired) electrons. The quantitative estimate of drug-likeness (QED) is 0.689. The summed E-state index contributed by atoms with van der Waals surface area (Å²) in [4.78, 5) is 15.0. The number of rotatable bonds is 7. The average Bonchev–Trinajstić information content (AvgIpc) is 3.05. The second-order valence-corrected chi connectivity index (χ2v) is 10.1. The molecule has 2 aromatic carbocycles. The van der Waals surface area contributed by atoms with Crippen LogP contribution in [0.15, 0.2) is 48.5 Å². The molecule has 1 aliphatic rings. The predicted octanol–water partition coefficient (Wildman–Crippen LogP) is 3.87. The lowest BCUT2D eigenvalue weighted by atomic mass is 10.1. The summed E-state index contributed by atoms with van der Waals surface area (Å²) in [6.07, 6.45) is 1.49. The van der Waals surface area contributed by atoms with E-state index in [1.165, 1.54) is 5.56 Å². The molecule has 1 saturated heterocycles. The van der Waals surface area contributed by atoms with Gasteiger partial charge in [0.15, 0.2) is 9.84 Å². The SMILES string of the molecule is CCc1ccc(CN(C(=O)c2ccc(OC(C)C)cc2)[C@H]2CCS(=O)(=O)C2)cc1. The molecule has 2 aromatic rings. The van der Waals surface area contributed by atoms with Gasteiger partial charge in [-0.15, -0.1) is 0 Å². The third kappa shape index (κ3) is 5.60. The Kier molecular flexibility index (Phi) is 6.63. The van der Waals surface area contributed by atoms with Crippen molar-refractivity contribution >= 4 is 15.7 Å². The second kappa shape index (κ2) is 8.99. The van der Waals surface area contributed by atoms with E-state index in [0.717, 1.165) is 12.0 Å². The molecular formula is C23H29NO4S. The van der Waals surface area contributed by atoms with Gasteiger partial charge in [-0.2, -0.15) is 0 Å². The van der Waals surface area contributed by atoms with Gasteiger partial charge in [0.1, 0.15) is 5.75 Å². The number of sulfone groups is 1. The molecule has 0 aromatic heterocycles. The molecule has 1 atom stereocenters. The molecule has 3 rings (SSSR count). The molecule has 1 amide bonds. The van der Waals surface area contributed by atoms with Gasteiger partial charge in [0.25, 0.3) is 5.91 Å². The first kappa shape index (κ1) is 21.4. The number of carbonyl (C=O) groups excluding carboxylic acids is 1. The number of amides is 1. The lowest BCUT2D eigenvalue weighted by molar-refractivity contribution is 0.0681. The molecule has 0 bridgehead atoms. The van der Waals surface area contributed by atoms with E-state index in [-0.39, 0.29) is 29.6 Å². The Morgan fingerprint density at radius 2 is 1.69 bits per heavy atom. The first-order chi connectivity index (χ1) is 13.8. The highest BCUT2D eigenvalue weighted by atomic mass is 32.2. The molecule has 1 heterocycles. The topological polar surface area (TPSA) is 63.7 Å². The second-order valence-electron chi connectivity index (χ2n) is 7.85. The van der Waals surface area contributed by atoms with E-state index in [9.17, 15) is 13.2 Å². The number of aryl methyl sites for hydroxylation is 1. The van der Waals surface area contributed by atoms with E-state index in [1.54, 1.807) is 29.2 Å². The Bertz CT molecular complexity index is 934. The summed E-state index contributed by atoms with van der Waals surface area (Å²) < 4.78 is 29.7. The minimum Gasteiger partial charge on any atom is -0.491 e. The van der Waals surface area contributed by atoms with Crippen LogP contribution in [0.3, 0.4) is 0 Å². The highest BCUT2D eigenvalue weighted by molar-refractivity contribution is 7.91. The van der Waals surface area contributed by atoms with Crippen LogP contribution in [0.4, 0.5) is 0 Å². The fourth-order valence-corrected chi connectivity index (χ4v) is 5.31. The van der Waals surface area contributed by atoms with Crippen LogP contribution in [0.2, 0.25) is 0 Å². The van der Waals surface area contributed by atoms with Crippen LogP contribution >= 0.6 is 0 Å². The Balaban J connectivity index is 1.84. The van der Waals surface area contributed by atoms with Crippen molar-refractivity contribution in [3.8, 4) is 5.75 Å². The normalized spacial score (nSPS) is 18.0. The maximum Gasteiger partial charge on any atom is 0.254 e. The van der Waals surface area contributed by atoms with Crippen molar-refractivity contribution in [1.82, 2.24) is 4.90 Å². The molecule has 0 aliphatic carbocycles. The first-order valence-corrected chi connectivity index (χ1v) is 12.0. The molecule has 5 nitrogen and oxygen atoms in total. The summed E-state index contributed by atoms with van der Waals surface area (Å²) >= 11 is 0. The van der Waals surface area contributed by atoms with Crippen LogP contribution in [0, 0.1) is 0 Å². The predicted molar refractivity (Wildman–Crippen MR) is 115 cm³/mol. The smallest absolute Gasteiger partial charge is 0.254 e. The van der Waals surface area contributed by atoms with Crippen molar-refractivity contribution < 1.29 is 17.9 Å². The van der Waals surface area contributed by atoms with E-state index in [0.29, 0.717) is 24.3 Å². The van der Waals surface area contributed by atoms with Crippen molar-refractivity contribution in [1.29, 1.82) is 0 Å². The van der Waals surface area contributed by atoms with Crippen LogP contribution in [-0.2, 0) is 22.8 Å². The summed E-state index contributed by atoms with van der Waals surface area (Å²) in [6, 6.07) is 14.9. The molecule has 0 saturated carbocycles. The van der Waals surface area contributed by atoms with Crippen molar-refractivity contribution in [3.63, 3.8) is 0 Å². The van der Waals surface area contributed by atoms with Crippen LogP contribution in [-0.4, -0.2) is 42.9 Å². The van der Waals surface area contributed by atoms with Gasteiger partial charge in [-0.3, -0.25) is 4.79 Å². The summed E-state index contributed by atoms with van der Waals surface area (Å²) in [5.41, 5.74) is 2.77. The Labute approximate surface area is 173 Å². The molecular weight excluding hydrogens is 386 g/mol. The van der Waals surface area contributed by atoms with E-state index in [2.05, 4.69) is 19.1 Å². The van der Waals surface area contributed by atoms with Gasteiger partial charge < -0.3 is 9.64 Å². The highest BCUT2D eigenvalue weighted by Gasteiger charge is 2.35. The van der Waals surface area contributed by atoms with Gasteiger partial charge in [-0.25, -0.2) is 8.42 Å². The molecule has 1 aliphatic heterocycles. The maximum absolute atomic E-state index is 13.3. The van der Waals surface area contributed by atoms with Gasteiger partial charge >= 0.3 is 0 Å². The van der Waals surface area contributed by atoms with Crippen molar-refractivity contribution in [3.05, 3.63) is 65.2 Å².